The highest BCUT2D eigenvalue weighted by atomic mass is 32.2. The Balaban J connectivity index is 2.55. The summed E-state index contributed by atoms with van der Waals surface area (Å²) in [5, 5.41) is 8.27. The van der Waals surface area contributed by atoms with Crippen LogP contribution in [0, 0.1) is 0 Å². The second kappa shape index (κ2) is 5.96. The van der Waals surface area contributed by atoms with Crippen molar-refractivity contribution in [2.24, 2.45) is 0 Å². The van der Waals surface area contributed by atoms with Crippen molar-refractivity contribution in [3.05, 3.63) is 29.3 Å². The van der Waals surface area contributed by atoms with Gasteiger partial charge in [0.15, 0.2) is 0 Å². The Kier molecular flexibility index (Phi) is 4.19. The zero-order valence-corrected chi connectivity index (χ0v) is 15.1. The van der Waals surface area contributed by atoms with E-state index in [9.17, 15) is 40.3 Å². The van der Waals surface area contributed by atoms with E-state index >= 15 is 0 Å². The van der Waals surface area contributed by atoms with Crippen LogP contribution in [0.1, 0.15) is 20.7 Å². The molecule has 0 atom stereocenters. The molecule has 0 spiro atoms. The Bertz CT molecular complexity index is 1290. The van der Waals surface area contributed by atoms with Gasteiger partial charge in [0.1, 0.15) is 11.4 Å². The van der Waals surface area contributed by atoms with Gasteiger partial charge in [-0.15, -0.1) is 0 Å². The second-order valence-electron chi connectivity index (χ2n) is 5.77. The summed E-state index contributed by atoms with van der Waals surface area (Å²) in [6.45, 7) is -1.10. The molecular weight excluding hydrogens is 420 g/mol. The average Bonchev–Trinajstić information content (AvgIpc) is 2.55. The lowest BCUT2D eigenvalue weighted by atomic mass is 9.93. The lowest BCUT2D eigenvalue weighted by Gasteiger charge is -2.27. The van der Waals surface area contributed by atoms with Gasteiger partial charge in [-0.05, 0) is 18.2 Å². The van der Waals surface area contributed by atoms with Crippen molar-refractivity contribution < 1.29 is 45.4 Å². The van der Waals surface area contributed by atoms with Crippen LogP contribution in [0.4, 0.5) is 5.69 Å². The summed E-state index contributed by atoms with van der Waals surface area (Å²) < 4.78 is 64.9. The minimum absolute atomic E-state index is 0.242. The molecule has 0 unspecified atom stereocenters. The lowest BCUT2D eigenvalue weighted by molar-refractivity contribution is -0.137. The Hall–Kier alpha value is -3.07. The number of amides is 2. The number of carbonyl (C=O) groups excluding carboxylic acids is 2. The quantitative estimate of drug-likeness (QED) is 0.278. The van der Waals surface area contributed by atoms with Gasteiger partial charge in [-0.2, -0.15) is 16.8 Å². The largest absolute Gasteiger partial charge is 0.480 e. The van der Waals surface area contributed by atoms with E-state index in [0.717, 1.165) is 6.07 Å². The van der Waals surface area contributed by atoms with Crippen LogP contribution in [0.2, 0.25) is 0 Å². The summed E-state index contributed by atoms with van der Waals surface area (Å²) in [5.74, 6) is -3.94. The molecule has 0 aliphatic carbocycles. The number of aliphatic carboxylic acids is 1. The standard InChI is InChI=1S/C14H10N2O10S2/c15-12-6-1-5(27(21,22)23)2-7-11(6)8(3-9(12)28(24,25)26)14(20)16(13(7)19)4-10(17)18/h1-3H,4,15H2,(H,17,18)(H,21,22,23)(H,24,25,26). The molecule has 14 heteroatoms. The third-order valence-electron chi connectivity index (χ3n) is 4.03. The third-order valence-corrected chi connectivity index (χ3v) is 5.76. The minimum Gasteiger partial charge on any atom is -0.480 e. The molecule has 0 saturated carbocycles. The minimum atomic E-state index is -4.98. The second-order valence-corrected chi connectivity index (χ2v) is 8.58. The molecule has 12 nitrogen and oxygen atoms in total. The summed E-state index contributed by atoms with van der Waals surface area (Å²) in [7, 11) is -9.88. The molecule has 0 bridgehead atoms. The molecule has 5 N–H and O–H groups in total. The smallest absolute Gasteiger partial charge is 0.323 e. The Labute approximate surface area is 156 Å². The van der Waals surface area contributed by atoms with Gasteiger partial charge >= 0.3 is 5.97 Å². The molecule has 0 fully saturated rings. The number of carboxylic acids is 1. The van der Waals surface area contributed by atoms with E-state index in [4.69, 9.17) is 10.8 Å². The molecule has 2 amide bonds. The van der Waals surface area contributed by atoms with Crippen LogP contribution in [-0.2, 0) is 25.0 Å². The van der Waals surface area contributed by atoms with Crippen LogP contribution in [-0.4, -0.2) is 60.3 Å². The fourth-order valence-electron chi connectivity index (χ4n) is 2.89. The van der Waals surface area contributed by atoms with Gasteiger partial charge in [0, 0.05) is 10.8 Å². The fraction of sp³-hybridized carbons (Fsp3) is 0.0714. The molecule has 0 saturated heterocycles. The molecule has 1 aliphatic rings. The SMILES string of the molecule is Nc1c(S(=O)(=O)O)cc2c3c(cc(S(=O)(=O)O)cc13)C(=O)N(CC(=O)O)C2=O. The number of carbonyl (C=O) groups is 3. The van der Waals surface area contributed by atoms with Crippen molar-refractivity contribution in [1.29, 1.82) is 0 Å². The van der Waals surface area contributed by atoms with Gasteiger partial charge in [-0.3, -0.25) is 28.4 Å². The van der Waals surface area contributed by atoms with Crippen molar-refractivity contribution in [2.75, 3.05) is 12.3 Å². The maximum atomic E-state index is 12.6. The normalized spacial score (nSPS) is 14.6. The predicted octanol–water partition coefficient (Wildman–Crippen LogP) is -0.404. The van der Waals surface area contributed by atoms with E-state index in [1.165, 1.54) is 0 Å². The van der Waals surface area contributed by atoms with Crippen LogP contribution in [0.15, 0.2) is 28.0 Å². The van der Waals surface area contributed by atoms with E-state index in [2.05, 4.69) is 0 Å². The monoisotopic (exact) mass is 430 g/mol. The lowest BCUT2D eigenvalue weighted by Crippen LogP contribution is -2.43. The summed E-state index contributed by atoms with van der Waals surface area (Å²) in [5.41, 5.74) is 4.05. The van der Waals surface area contributed by atoms with Crippen LogP contribution < -0.4 is 5.73 Å². The van der Waals surface area contributed by atoms with Gasteiger partial charge in [0.05, 0.1) is 21.7 Å². The van der Waals surface area contributed by atoms with Crippen molar-refractivity contribution in [3.8, 4) is 0 Å². The van der Waals surface area contributed by atoms with E-state index in [1.54, 1.807) is 0 Å². The molecule has 3 rings (SSSR count). The van der Waals surface area contributed by atoms with Crippen molar-refractivity contribution in [1.82, 2.24) is 4.90 Å². The van der Waals surface area contributed by atoms with Crippen molar-refractivity contribution in [3.63, 3.8) is 0 Å². The molecule has 1 heterocycles. The maximum Gasteiger partial charge on any atom is 0.323 e. The van der Waals surface area contributed by atoms with E-state index in [0.29, 0.717) is 12.1 Å². The van der Waals surface area contributed by atoms with Gasteiger partial charge in [-0.1, -0.05) is 0 Å². The van der Waals surface area contributed by atoms with E-state index in [1.807, 2.05) is 0 Å². The molecule has 2 aromatic rings. The molecule has 0 radical (unpaired) electrons. The number of imide groups is 1. The van der Waals surface area contributed by atoms with Crippen LogP contribution in [0.5, 0.6) is 0 Å². The number of hydrogen-bond donors (Lipinski definition) is 4. The van der Waals surface area contributed by atoms with Crippen LogP contribution >= 0.6 is 0 Å². The van der Waals surface area contributed by atoms with E-state index < -0.39 is 76.6 Å². The number of hydrogen-bond acceptors (Lipinski definition) is 8. The number of anilines is 1. The van der Waals surface area contributed by atoms with Crippen LogP contribution in [0.25, 0.3) is 10.8 Å². The average molecular weight is 430 g/mol. The summed E-state index contributed by atoms with van der Waals surface area (Å²) >= 11 is 0. The summed E-state index contributed by atoms with van der Waals surface area (Å²) in [6, 6.07) is 2.10. The Morgan fingerprint density at radius 3 is 1.96 bits per heavy atom. The predicted molar refractivity (Wildman–Crippen MR) is 91.0 cm³/mol. The van der Waals surface area contributed by atoms with Crippen molar-refractivity contribution >= 4 is 54.5 Å². The zero-order chi connectivity index (χ0) is 21.2. The molecular formula is C14H10N2O10S2. The highest BCUT2D eigenvalue weighted by Crippen LogP contribution is 2.38. The molecule has 1 aliphatic heterocycles. The highest BCUT2D eigenvalue weighted by molar-refractivity contribution is 7.86. The molecule has 148 valence electrons. The number of nitrogen functional groups attached to an aromatic ring is 1. The molecule has 2 aromatic carbocycles. The van der Waals surface area contributed by atoms with Crippen LogP contribution in [0.3, 0.4) is 0 Å². The molecule has 0 aromatic heterocycles. The Morgan fingerprint density at radius 1 is 0.964 bits per heavy atom. The first-order chi connectivity index (χ1) is 12.7. The first-order valence-electron chi connectivity index (χ1n) is 7.16. The number of nitrogens with two attached hydrogens (primary N) is 1. The zero-order valence-electron chi connectivity index (χ0n) is 13.5. The Morgan fingerprint density at radius 2 is 1.50 bits per heavy atom. The summed E-state index contributed by atoms with van der Waals surface area (Å²) in [6.07, 6.45) is 0. The number of rotatable bonds is 4. The van der Waals surface area contributed by atoms with Gasteiger partial charge < -0.3 is 10.8 Å². The van der Waals surface area contributed by atoms with E-state index in [-0.39, 0.29) is 10.3 Å². The summed E-state index contributed by atoms with van der Waals surface area (Å²) in [4.78, 5) is 34.6. The first-order valence-corrected chi connectivity index (χ1v) is 10.0. The maximum absolute atomic E-state index is 12.6. The van der Waals surface area contributed by atoms with Gasteiger partial charge in [0.2, 0.25) is 0 Å². The topological polar surface area (TPSA) is 209 Å². The first kappa shape index (κ1) is 19.7. The highest BCUT2D eigenvalue weighted by Gasteiger charge is 2.37. The third kappa shape index (κ3) is 2.97. The van der Waals surface area contributed by atoms with Gasteiger partial charge in [-0.25, -0.2) is 0 Å². The molecule has 28 heavy (non-hydrogen) atoms. The number of nitrogens with zero attached hydrogens (tertiary/aromatic N) is 1. The number of carboxylic acid groups (broad SMARTS) is 1. The number of benzene rings is 2. The fourth-order valence-corrected chi connectivity index (χ4v) is 4.08. The van der Waals surface area contributed by atoms with Crippen molar-refractivity contribution in [2.45, 2.75) is 9.79 Å². The van der Waals surface area contributed by atoms with Gasteiger partial charge in [0.25, 0.3) is 32.1 Å².